The molecule has 38 heavy (non-hydrogen) atoms. The normalized spacial score (nSPS) is 17.9. The number of morpholine rings is 1. The number of hydrogen-bond acceptors (Lipinski definition) is 9. The number of anilines is 2. The molecule has 4 bridgehead atoms. The summed E-state index contributed by atoms with van der Waals surface area (Å²) in [4.78, 5) is 16.2. The maximum atomic E-state index is 6.45. The first-order chi connectivity index (χ1) is 18.6. The van der Waals surface area contributed by atoms with E-state index in [-0.39, 0.29) is 6.10 Å². The van der Waals surface area contributed by atoms with Crippen LogP contribution in [0.25, 0.3) is 22.5 Å². The molecule has 0 aliphatic carbocycles. The van der Waals surface area contributed by atoms with Gasteiger partial charge in [-0.15, -0.1) is 0 Å². The highest BCUT2D eigenvalue weighted by Crippen LogP contribution is 2.34. The molecule has 0 amide bonds. The van der Waals surface area contributed by atoms with Crippen molar-refractivity contribution in [3.63, 3.8) is 0 Å². The van der Waals surface area contributed by atoms with Crippen LogP contribution in [0.15, 0.2) is 55.0 Å². The van der Waals surface area contributed by atoms with Crippen LogP contribution in [0, 0.1) is 0 Å². The van der Waals surface area contributed by atoms with Gasteiger partial charge in [-0.3, -0.25) is 4.90 Å². The van der Waals surface area contributed by atoms with Crippen LogP contribution in [0.2, 0.25) is 0 Å². The SMILES string of the molecule is C[C@H]1CCOc2c(cnn2C)-c2nccc(n2)Nc2cc(c(-c3ccc(CN4CCOCC4)cc3)cn2)O1. The molecule has 2 aliphatic rings. The molecule has 10 heteroatoms. The standard InChI is InChI=1S/C28H31N7O3/c1-19-8-12-37-28-23(17-31-34(28)2)27-29-9-7-25(33-27)32-26-15-24(38-19)22(16-30-26)21-5-3-20(4-6-21)18-35-10-13-36-14-11-35/h3-7,9,15-17,19H,8,10-14,18H2,1-2H3,(H,29,30,32,33)/t19-/m0/s1. The molecule has 5 heterocycles. The minimum atomic E-state index is -0.0849. The fraction of sp³-hybridized carbons (Fsp3) is 0.357. The molecule has 2 aliphatic heterocycles. The molecule has 1 saturated heterocycles. The average Bonchev–Trinajstić information content (AvgIpc) is 3.30. The molecule has 0 radical (unpaired) electrons. The van der Waals surface area contributed by atoms with E-state index in [1.165, 1.54) is 5.56 Å². The molecular formula is C28H31N7O3. The maximum Gasteiger partial charge on any atom is 0.222 e. The van der Waals surface area contributed by atoms with Gasteiger partial charge in [-0.25, -0.2) is 19.6 Å². The Morgan fingerprint density at radius 3 is 2.66 bits per heavy atom. The van der Waals surface area contributed by atoms with Crippen molar-refractivity contribution in [2.45, 2.75) is 26.0 Å². The van der Waals surface area contributed by atoms with E-state index in [9.17, 15) is 0 Å². The van der Waals surface area contributed by atoms with Crippen LogP contribution in [-0.2, 0) is 18.3 Å². The van der Waals surface area contributed by atoms with Gasteiger partial charge in [-0.1, -0.05) is 24.3 Å². The van der Waals surface area contributed by atoms with E-state index >= 15 is 0 Å². The smallest absolute Gasteiger partial charge is 0.222 e. The average molecular weight is 514 g/mol. The predicted octanol–water partition coefficient (Wildman–Crippen LogP) is 4.06. The zero-order chi connectivity index (χ0) is 25.9. The van der Waals surface area contributed by atoms with Gasteiger partial charge in [0.25, 0.3) is 0 Å². The minimum absolute atomic E-state index is 0.0849. The topological polar surface area (TPSA) is 99.5 Å². The number of nitrogens with zero attached hydrogens (tertiary/aromatic N) is 6. The second kappa shape index (κ2) is 10.8. The summed E-state index contributed by atoms with van der Waals surface area (Å²) in [6.45, 7) is 6.97. The first kappa shape index (κ1) is 24.3. The molecule has 196 valence electrons. The first-order valence-corrected chi connectivity index (χ1v) is 12.9. The zero-order valence-electron chi connectivity index (χ0n) is 21.6. The van der Waals surface area contributed by atoms with Crippen molar-refractivity contribution in [1.29, 1.82) is 0 Å². The van der Waals surface area contributed by atoms with Crippen molar-refractivity contribution < 1.29 is 14.2 Å². The number of aryl methyl sites for hydroxylation is 1. The molecule has 6 rings (SSSR count). The first-order valence-electron chi connectivity index (χ1n) is 12.9. The summed E-state index contributed by atoms with van der Waals surface area (Å²) in [6, 6.07) is 12.4. The van der Waals surface area contributed by atoms with Gasteiger partial charge in [-0.2, -0.15) is 5.10 Å². The molecular weight excluding hydrogens is 482 g/mol. The number of hydrogen-bond donors (Lipinski definition) is 1. The van der Waals surface area contributed by atoms with Crippen LogP contribution in [0.4, 0.5) is 11.6 Å². The predicted molar refractivity (Wildman–Crippen MR) is 143 cm³/mol. The molecule has 1 atom stereocenters. The number of benzene rings is 1. The summed E-state index contributed by atoms with van der Waals surface area (Å²) < 4.78 is 19.7. The van der Waals surface area contributed by atoms with Crippen LogP contribution in [-0.4, -0.2) is 68.6 Å². The Morgan fingerprint density at radius 1 is 0.974 bits per heavy atom. The summed E-state index contributed by atoms with van der Waals surface area (Å²) in [5.74, 6) is 3.18. The van der Waals surface area contributed by atoms with Crippen molar-refractivity contribution in [3.05, 3.63) is 60.6 Å². The van der Waals surface area contributed by atoms with Crippen molar-refractivity contribution >= 4 is 11.6 Å². The highest BCUT2D eigenvalue weighted by atomic mass is 16.5. The molecule has 0 spiro atoms. The summed E-state index contributed by atoms with van der Waals surface area (Å²) in [5, 5.41) is 7.64. The molecule has 0 saturated carbocycles. The van der Waals surface area contributed by atoms with E-state index in [0.29, 0.717) is 36.4 Å². The summed E-state index contributed by atoms with van der Waals surface area (Å²) in [7, 11) is 1.84. The third-order valence-electron chi connectivity index (χ3n) is 6.77. The van der Waals surface area contributed by atoms with Crippen LogP contribution in [0.5, 0.6) is 11.6 Å². The lowest BCUT2D eigenvalue weighted by atomic mass is 10.0. The van der Waals surface area contributed by atoms with E-state index < -0.39 is 0 Å². The lowest BCUT2D eigenvalue weighted by Crippen LogP contribution is -2.35. The van der Waals surface area contributed by atoms with Crippen LogP contribution < -0.4 is 14.8 Å². The lowest BCUT2D eigenvalue weighted by molar-refractivity contribution is 0.0342. The molecule has 0 unspecified atom stereocenters. The van der Waals surface area contributed by atoms with Gasteiger partial charge in [0.1, 0.15) is 22.9 Å². The van der Waals surface area contributed by atoms with Gasteiger partial charge in [0, 0.05) is 57.1 Å². The van der Waals surface area contributed by atoms with Gasteiger partial charge in [0.2, 0.25) is 5.88 Å². The molecule has 3 aromatic heterocycles. The molecule has 1 aromatic carbocycles. The molecule has 4 aromatic rings. The van der Waals surface area contributed by atoms with E-state index in [1.54, 1.807) is 23.1 Å². The van der Waals surface area contributed by atoms with Gasteiger partial charge in [0.05, 0.1) is 32.1 Å². The largest absolute Gasteiger partial charge is 0.490 e. The monoisotopic (exact) mass is 513 g/mol. The van der Waals surface area contributed by atoms with Gasteiger partial charge >= 0.3 is 0 Å². The summed E-state index contributed by atoms with van der Waals surface area (Å²) >= 11 is 0. The molecule has 10 nitrogen and oxygen atoms in total. The third-order valence-corrected chi connectivity index (χ3v) is 6.77. The second-order valence-corrected chi connectivity index (χ2v) is 9.59. The fourth-order valence-corrected chi connectivity index (χ4v) is 4.66. The minimum Gasteiger partial charge on any atom is -0.490 e. The Balaban J connectivity index is 1.30. The van der Waals surface area contributed by atoms with Crippen molar-refractivity contribution in [1.82, 2.24) is 29.6 Å². The molecule has 1 N–H and O–H groups in total. The number of pyridine rings is 1. The number of aromatic nitrogens is 5. The quantitative estimate of drug-likeness (QED) is 0.435. The van der Waals surface area contributed by atoms with E-state index in [2.05, 4.69) is 54.5 Å². The van der Waals surface area contributed by atoms with E-state index in [1.807, 2.05) is 26.2 Å². The Morgan fingerprint density at radius 2 is 1.82 bits per heavy atom. The Bertz CT molecular complexity index is 1400. The third kappa shape index (κ3) is 5.32. The maximum absolute atomic E-state index is 6.45. The number of nitrogens with one attached hydrogen (secondary N) is 1. The van der Waals surface area contributed by atoms with Crippen molar-refractivity contribution in [3.8, 4) is 34.1 Å². The van der Waals surface area contributed by atoms with Crippen LogP contribution >= 0.6 is 0 Å². The number of ether oxygens (including phenoxy) is 3. The van der Waals surface area contributed by atoms with Crippen LogP contribution in [0.1, 0.15) is 18.9 Å². The zero-order valence-corrected chi connectivity index (χ0v) is 21.6. The Kier molecular flexibility index (Phi) is 6.89. The molecule has 1 fully saturated rings. The number of fused-ring (bicyclic) bond motifs is 6. The van der Waals surface area contributed by atoms with Gasteiger partial charge < -0.3 is 19.5 Å². The van der Waals surface area contributed by atoms with Crippen molar-refractivity contribution in [2.75, 3.05) is 38.2 Å². The number of rotatable bonds is 3. The van der Waals surface area contributed by atoms with Gasteiger partial charge in [-0.05, 0) is 24.1 Å². The lowest BCUT2D eigenvalue weighted by Gasteiger charge is -2.26. The van der Waals surface area contributed by atoms with Gasteiger partial charge in [0.15, 0.2) is 5.82 Å². The van der Waals surface area contributed by atoms with Crippen molar-refractivity contribution in [2.24, 2.45) is 7.05 Å². The Hall–Kier alpha value is -4.02. The Labute approximate surface area is 221 Å². The second-order valence-electron chi connectivity index (χ2n) is 9.59. The van der Waals surface area contributed by atoms with Crippen LogP contribution in [0.3, 0.4) is 0 Å². The fourth-order valence-electron chi connectivity index (χ4n) is 4.66. The highest BCUT2D eigenvalue weighted by molar-refractivity contribution is 5.72. The summed E-state index contributed by atoms with van der Waals surface area (Å²) in [6.07, 6.45) is 5.88. The highest BCUT2D eigenvalue weighted by Gasteiger charge is 2.19. The van der Waals surface area contributed by atoms with E-state index in [0.717, 1.165) is 55.3 Å². The summed E-state index contributed by atoms with van der Waals surface area (Å²) in [5.41, 5.74) is 4.00. The van der Waals surface area contributed by atoms with E-state index in [4.69, 9.17) is 14.2 Å².